The van der Waals surface area contributed by atoms with E-state index in [1.165, 1.54) is 16.5 Å². The number of hydrogen-bond acceptors (Lipinski definition) is 2. The number of carbonyl (C=O) groups is 1. The Kier molecular flexibility index (Phi) is 3.27. The molecule has 2 aromatic rings. The van der Waals surface area contributed by atoms with Crippen LogP contribution in [0.2, 0.25) is 0 Å². The molecule has 1 saturated heterocycles. The molecule has 2 aliphatic rings. The van der Waals surface area contributed by atoms with Crippen molar-refractivity contribution >= 4 is 16.6 Å². The van der Waals surface area contributed by atoms with E-state index in [2.05, 4.69) is 24.3 Å². The molecule has 1 heterocycles. The third-order valence-corrected chi connectivity index (χ3v) is 4.89. The van der Waals surface area contributed by atoms with Crippen molar-refractivity contribution < 1.29 is 9.53 Å². The lowest BCUT2D eigenvalue weighted by Gasteiger charge is -2.11. The molecule has 0 spiro atoms. The standard InChI is InChI=1S/C19H20O2/c20-18(11-9-15-4-2-12-21-15)16-10-8-14-7-6-13-3-1-5-17(16)19(13)14/h1,3,5,8,10,15H,2,4,6-7,9,11-12H2. The summed E-state index contributed by atoms with van der Waals surface area (Å²) in [4.78, 5) is 12.6. The molecule has 0 bridgehead atoms. The Morgan fingerprint density at radius 2 is 2.00 bits per heavy atom. The van der Waals surface area contributed by atoms with Crippen LogP contribution in [-0.2, 0) is 17.6 Å². The van der Waals surface area contributed by atoms with E-state index in [0.29, 0.717) is 12.5 Å². The molecule has 0 radical (unpaired) electrons. The van der Waals surface area contributed by atoms with Crippen LogP contribution >= 0.6 is 0 Å². The molecule has 2 aromatic carbocycles. The maximum atomic E-state index is 12.6. The first-order chi connectivity index (χ1) is 10.3. The van der Waals surface area contributed by atoms with Gasteiger partial charge >= 0.3 is 0 Å². The van der Waals surface area contributed by atoms with Crippen molar-refractivity contribution in [3.05, 3.63) is 47.0 Å². The van der Waals surface area contributed by atoms with Gasteiger partial charge in [0.15, 0.2) is 5.78 Å². The summed E-state index contributed by atoms with van der Waals surface area (Å²) >= 11 is 0. The highest BCUT2D eigenvalue weighted by Gasteiger charge is 2.21. The van der Waals surface area contributed by atoms with Crippen molar-refractivity contribution in [2.75, 3.05) is 6.61 Å². The van der Waals surface area contributed by atoms with Gasteiger partial charge in [0, 0.05) is 18.6 Å². The minimum atomic E-state index is 0.265. The van der Waals surface area contributed by atoms with Crippen molar-refractivity contribution in [3.8, 4) is 0 Å². The molecule has 0 amide bonds. The summed E-state index contributed by atoms with van der Waals surface area (Å²) in [6.45, 7) is 0.861. The van der Waals surface area contributed by atoms with Crippen LogP contribution in [0.15, 0.2) is 30.3 Å². The summed E-state index contributed by atoms with van der Waals surface area (Å²) in [5, 5.41) is 2.49. The SMILES string of the molecule is O=C(CCC1CCCO1)c1ccc2c3c(cccc13)CC2. The third-order valence-electron chi connectivity index (χ3n) is 4.89. The number of carbonyl (C=O) groups excluding carboxylic acids is 1. The van der Waals surface area contributed by atoms with Crippen molar-refractivity contribution in [2.45, 2.75) is 44.6 Å². The lowest BCUT2D eigenvalue weighted by Crippen LogP contribution is -2.09. The predicted molar refractivity (Wildman–Crippen MR) is 83.9 cm³/mol. The molecule has 2 nitrogen and oxygen atoms in total. The fourth-order valence-electron chi connectivity index (χ4n) is 3.79. The second kappa shape index (κ2) is 5.27. The Morgan fingerprint density at radius 3 is 2.81 bits per heavy atom. The van der Waals surface area contributed by atoms with Crippen LogP contribution in [0.5, 0.6) is 0 Å². The van der Waals surface area contributed by atoms with Gasteiger partial charge in [0.2, 0.25) is 0 Å². The normalized spacial score (nSPS) is 20.3. The van der Waals surface area contributed by atoms with Crippen LogP contribution in [0, 0.1) is 0 Å². The van der Waals surface area contributed by atoms with E-state index >= 15 is 0 Å². The molecule has 1 fully saturated rings. The van der Waals surface area contributed by atoms with E-state index in [1.807, 2.05) is 6.07 Å². The summed E-state index contributed by atoms with van der Waals surface area (Å²) in [7, 11) is 0. The predicted octanol–water partition coefficient (Wildman–Crippen LogP) is 4.08. The second-order valence-corrected chi connectivity index (χ2v) is 6.21. The lowest BCUT2D eigenvalue weighted by atomic mass is 9.95. The Bertz CT molecular complexity index is 686. The van der Waals surface area contributed by atoms with Crippen LogP contribution < -0.4 is 0 Å². The largest absolute Gasteiger partial charge is 0.378 e. The van der Waals surface area contributed by atoms with E-state index in [-0.39, 0.29) is 5.78 Å². The topological polar surface area (TPSA) is 26.3 Å². The van der Waals surface area contributed by atoms with Gasteiger partial charge in [0.05, 0.1) is 6.10 Å². The number of hydrogen-bond donors (Lipinski definition) is 0. The zero-order valence-corrected chi connectivity index (χ0v) is 12.2. The number of Topliss-reactive ketones (excluding diaryl/α,β-unsaturated/α-hetero) is 1. The Morgan fingerprint density at radius 1 is 1.14 bits per heavy atom. The molecule has 2 heteroatoms. The minimum absolute atomic E-state index is 0.265. The molecule has 0 aromatic heterocycles. The average molecular weight is 280 g/mol. The van der Waals surface area contributed by atoms with Crippen molar-refractivity contribution in [3.63, 3.8) is 0 Å². The molecular formula is C19H20O2. The monoisotopic (exact) mass is 280 g/mol. The summed E-state index contributed by atoms with van der Waals surface area (Å²) in [5.41, 5.74) is 3.70. The Labute approximate surface area is 125 Å². The summed E-state index contributed by atoms with van der Waals surface area (Å²) in [6, 6.07) is 10.6. The quantitative estimate of drug-likeness (QED) is 0.789. The fraction of sp³-hybridized carbons (Fsp3) is 0.421. The lowest BCUT2D eigenvalue weighted by molar-refractivity contribution is 0.0860. The first kappa shape index (κ1) is 13.0. The second-order valence-electron chi connectivity index (χ2n) is 6.21. The maximum Gasteiger partial charge on any atom is 0.163 e. The summed E-state index contributed by atoms with van der Waals surface area (Å²) < 4.78 is 5.62. The smallest absolute Gasteiger partial charge is 0.163 e. The van der Waals surface area contributed by atoms with Crippen LogP contribution in [0.1, 0.15) is 47.2 Å². The van der Waals surface area contributed by atoms with E-state index < -0.39 is 0 Å². The van der Waals surface area contributed by atoms with Gasteiger partial charge in [0.1, 0.15) is 0 Å². The third kappa shape index (κ3) is 2.28. The van der Waals surface area contributed by atoms with E-state index in [1.54, 1.807) is 0 Å². The number of aryl methyl sites for hydroxylation is 2. The van der Waals surface area contributed by atoms with Gasteiger partial charge in [-0.1, -0.05) is 30.3 Å². The van der Waals surface area contributed by atoms with E-state index in [0.717, 1.165) is 49.7 Å². The zero-order chi connectivity index (χ0) is 14.2. The average Bonchev–Trinajstić information content (AvgIpc) is 3.16. The Hall–Kier alpha value is -1.67. The van der Waals surface area contributed by atoms with Crippen LogP contribution in [0.25, 0.3) is 10.8 Å². The number of rotatable bonds is 4. The summed E-state index contributed by atoms with van der Waals surface area (Å²) in [6.07, 6.45) is 6.23. The first-order valence-electron chi connectivity index (χ1n) is 8.01. The van der Waals surface area contributed by atoms with Gasteiger partial charge in [-0.05, 0) is 54.0 Å². The van der Waals surface area contributed by atoms with Gasteiger partial charge in [-0.2, -0.15) is 0 Å². The fourth-order valence-corrected chi connectivity index (χ4v) is 3.79. The molecule has 1 aliphatic heterocycles. The molecule has 108 valence electrons. The van der Waals surface area contributed by atoms with Crippen molar-refractivity contribution in [1.82, 2.24) is 0 Å². The van der Waals surface area contributed by atoms with Crippen LogP contribution in [0.3, 0.4) is 0 Å². The first-order valence-corrected chi connectivity index (χ1v) is 8.01. The zero-order valence-electron chi connectivity index (χ0n) is 12.2. The van der Waals surface area contributed by atoms with Gasteiger partial charge in [0.25, 0.3) is 0 Å². The molecule has 21 heavy (non-hydrogen) atoms. The van der Waals surface area contributed by atoms with E-state index in [9.17, 15) is 4.79 Å². The molecule has 4 rings (SSSR count). The van der Waals surface area contributed by atoms with Crippen molar-refractivity contribution in [1.29, 1.82) is 0 Å². The van der Waals surface area contributed by atoms with Gasteiger partial charge in [-0.25, -0.2) is 0 Å². The highest BCUT2D eigenvalue weighted by Crippen LogP contribution is 2.33. The minimum Gasteiger partial charge on any atom is -0.378 e. The number of ether oxygens (including phenoxy) is 1. The number of ketones is 1. The molecule has 1 unspecified atom stereocenters. The Balaban J connectivity index is 1.63. The van der Waals surface area contributed by atoms with Crippen LogP contribution in [-0.4, -0.2) is 18.5 Å². The number of benzene rings is 2. The maximum absolute atomic E-state index is 12.6. The molecular weight excluding hydrogens is 260 g/mol. The highest BCUT2D eigenvalue weighted by molar-refractivity contribution is 6.10. The highest BCUT2D eigenvalue weighted by atomic mass is 16.5. The van der Waals surface area contributed by atoms with Gasteiger partial charge < -0.3 is 4.74 Å². The van der Waals surface area contributed by atoms with Crippen molar-refractivity contribution in [2.24, 2.45) is 0 Å². The van der Waals surface area contributed by atoms with E-state index in [4.69, 9.17) is 4.74 Å². The molecule has 1 aliphatic carbocycles. The molecule has 0 saturated carbocycles. The van der Waals surface area contributed by atoms with Gasteiger partial charge in [-0.15, -0.1) is 0 Å². The summed E-state index contributed by atoms with van der Waals surface area (Å²) in [5.74, 6) is 0.265. The van der Waals surface area contributed by atoms with Crippen LogP contribution in [0.4, 0.5) is 0 Å². The molecule has 1 atom stereocenters. The molecule has 0 N–H and O–H groups in total. The van der Waals surface area contributed by atoms with Gasteiger partial charge in [-0.3, -0.25) is 4.79 Å².